The van der Waals surface area contributed by atoms with Crippen molar-refractivity contribution < 1.29 is 18.7 Å². The number of carbonyl (C=O) groups excluding carboxylic acids is 2. The maximum Gasteiger partial charge on any atom is 0.338 e. The van der Waals surface area contributed by atoms with Gasteiger partial charge in [0.05, 0.1) is 12.2 Å². The summed E-state index contributed by atoms with van der Waals surface area (Å²) in [6.45, 7) is 2.01. The summed E-state index contributed by atoms with van der Waals surface area (Å²) in [4.78, 5) is 25.6. The lowest BCUT2D eigenvalue weighted by molar-refractivity contribution is -0.112. The molecule has 0 saturated heterocycles. The zero-order valence-corrected chi connectivity index (χ0v) is 14.8. The van der Waals surface area contributed by atoms with E-state index in [-0.39, 0.29) is 12.2 Å². The van der Waals surface area contributed by atoms with Crippen molar-refractivity contribution in [1.82, 2.24) is 0 Å². The molecule has 0 saturated carbocycles. The van der Waals surface area contributed by atoms with Crippen LogP contribution in [0.4, 0.5) is 11.6 Å². The minimum Gasteiger partial charge on any atom is -0.462 e. The van der Waals surface area contributed by atoms with Crippen molar-refractivity contribution in [3.63, 3.8) is 0 Å². The third-order valence-corrected chi connectivity index (χ3v) is 3.36. The van der Waals surface area contributed by atoms with Gasteiger partial charge in [0.25, 0.3) is 5.91 Å². The predicted molar refractivity (Wildman–Crippen MR) is 97.7 cm³/mol. The van der Waals surface area contributed by atoms with E-state index >= 15 is 0 Å². The summed E-state index contributed by atoms with van der Waals surface area (Å²) < 4.78 is 10.4. The van der Waals surface area contributed by atoms with Gasteiger partial charge in [-0.2, -0.15) is 5.26 Å². The van der Waals surface area contributed by atoms with Gasteiger partial charge in [0.15, 0.2) is 5.88 Å². The Labute approximate surface area is 151 Å². The maximum absolute atomic E-state index is 12.3. The zero-order valence-electron chi connectivity index (χ0n) is 14.8. The van der Waals surface area contributed by atoms with Crippen LogP contribution in [0.25, 0.3) is 6.08 Å². The number of hydrogen-bond donors (Lipinski definition) is 1. The van der Waals surface area contributed by atoms with Crippen LogP contribution in [0.2, 0.25) is 0 Å². The molecule has 1 amide bonds. The molecule has 26 heavy (non-hydrogen) atoms. The second-order valence-electron chi connectivity index (χ2n) is 5.49. The average Bonchev–Trinajstić information content (AvgIpc) is 3.09. The number of anilines is 2. The van der Waals surface area contributed by atoms with Crippen molar-refractivity contribution in [2.75, 3.05) is 30.9 Å². The molecule has 2 rings (SSSR count). The molecule has 0 fully saturated rings. The predicted octanol–water partition coefficient (Wildman–Crippen LogP) is 3.07. The summed E-state index contributed by atoms with van der Waals surface area (Å²) >= 11 is 0. The Kier molecular flexibility index (Phi) is 6.17. The van der Waals surface area contributed by atoms with Gasteiger partial charge in [-0.15, -0.1) is 0 Å². The molecule has 0 unspecified atom stereocenters. The molecule has 1 N–H and O–H groups in total. The molecule has 0 aliphatic heterocycles. The van der Waals surface area contributed by atoms with Gasteiger partial charge in [0, 0.05) is 31.9 Å². The summed E-state index contributed by atoms with van der Waals surface area (Å²) in [5, 5.41) is 11.8. The Hall–Kier alpha value is -3.53. The molecule has 7 nitrogen and oxygen atoms in total. The number of nitrogens with zero attached hydrogens (tertiary/aromatic N) is 2. The van der Waals surface area contributed by atoms with E-state index < -0.39 is 11.9 Å². The Morgan fingerprint density at radius 2 is 1.92 bits per heavy atom. The van der Waals surface area contributed by atoms with Crippen LogP contribution in [0.5, 0.6) is 0 Å². The van der Waals surface area contributed by atoms with E-state index in [1.54, 1.807) is 48.2 Å². The van der Waals surface area contributed by atoms with Crippen LogP contribution in [-0.4, -0.2) is 32.6 Å². The van der Waals surface area contributed by atoms with E-state index in [4.69, 9.17) is 9.15 Å². The fraction of sp³-hybridized carbons (Fsp3) is 0.211. The lowest BCUT2D eigenvalue weighted by atomic mass is 10.2. The highest BCUT2D eigenvalue weighted by atomic mass is 16.5. The Balaban J connectivity index is 2.10. The highest BCUT2D eigenvalue weighted by Gasteiger charge is 2.12. The van der Waals surface area contributed by atoms with E-state index in [0.29, 0.717) is 22.9 Å². The van der Waals surface area contributed by atoms with Crippen LogP contribution in [-0.2, 0) is 9.53 Å². The first kappa shape index (κ1) is 18.8. The third kappa shape index (κ3) is 4.74. The van der Waals surface area contributed by atoms with Gasteiger partial charge in [0.1, 0.15) is 17.4 Å². The molecule has 0 atom stereocenters. The van der Waals surface area contributed by atoms with Gasteiger partial charge >= 0.3 is 5.97 Å². The highest BCUT2D eigenvalue weighted by molar-refractivity contribution is 6.09. The molecule has 0 aliphatic carbocycles. The summed E-state index contributed by atoms with van der Waals surface area (Å²) in [7, 11) is 3.65. The summed E-state index contributed by atoms with van der Waals surface area (Å²) in [6, 6.07) is 11.5. The number of carbonyl (C=O) groups is 2. The number of ether oxygens (including phenoxy) is 1. The first-order chi connectivity index (χ1) is 12.4. The standard InChI is InChI=1S/C19H19N3O4/c1-4-25-19(24)13-5-7-15(8-6-13)21-18(23)14(12-20)11-16-9-10-17(26-16)22(2)3/h5-11H,4H2,1-3H3,(H,21,23)/b14-11+. The fourth-order valence-electron chi connectivity index (χ4n) is 2.05. The van der Waals surface area contributed by atoms with Crippen molar-refractivity contribution in [3.8, 4) is 6.07 Å². The molecule has 2 aromatic rings. The van der Waals surface area contributed by atoms with Crippen LogP contribution in [0.15, 0.2) is 46.4 Å². The van der Waals surface area contributed by atoms with Crippen LogP contribution < -0.4 is 10.2 Å². The van der Waals surface area contributed by atoms with Crippen molar-refractivity contribution in [1.29, 1.82) is 5.26 Å². The van der Waals surface area contributed by atoms with Crippen LogP contribution in [0.1, 0.15) is 23.0 Å². The second-order valence-corrected chi connectivity index (χ2v) is 5.49. The number of hydrogen-bond acceptors (Lipinski definition) is 6. The molecule has 0 spiro atoms. The van der Waals surface area contributed by atoms with Gasteiger partial charge < -0.3 is 19.4 Å². The number of esters is 1. The lowest BCUT2D eigenvalue weighted by Gasteiger charge is -2.06. The van der Waals surface area contributed by atoms with E-state index in [0.717, 1.165) is 0 Å². The number of furan rings is 1. The van der Waals surface area contributed by atoms with Gasteiger partial charge in [-0.05, 0) is 37.3 Å². The van der Waals surface area contributed by atoms with Gasteiger partial charge in [0.2, 0.25) is 0 Å². The van der Waals surface area contributed by atoms with Gasteiger partial charge in [-0.1, -0.05) is 0 Å². The van der Waals surface area contributed by atoms with Crippen molar-refractivity contribution in [2.24, 2.45) is 0 Å². The Morgan fingerprint density at radius 3 is 2.46 bits per heavy atom. The molecule has 134 valence electrons. The molecule has 0 bridgehead atoms. The van der Waals surface area contributed by atoms with Crippen LogP contribution in [0, 0.1) is 11.3 Å². The van der Waals surface area contributed by atoms with Crippen molar-refractivity contribution >= 4 is 29.5 Å². The molecule has 0 aliphatic rings. The van der Waals surface area contributed by atoms with Crippen LogP contribution in [0.3, 0.4) is 0 Å². The molecular weight excluding hydrogens is 334 g/mol. The van der Waals surface area contributed by atoms with Gasteiger partial charge in [-0.25, -0.2) is 4.79 Å². The first-order valence-corrected chi connectivity index (χ1v) is 7.92. The lowest BCUT2D eigenvalue weighted by Crippen LogP contribution is -2.13. The molecular formula is C19H19N3O4. The first-order valence-electron chi connectivity index (χ1n) is 7.92. The zero-order chi connectivity index (χ0) is 19.1. The third-order valence-electron chi connectivity index (χ3n) is 3.36. The largest absolute Gasteiger partial charge is 0.462 e. The summed E-state index contributed by atoms with van der Waals surface area (Å²) in [5.74, 6) is 0.0123. The fourth-order valence-corrected chi connectivity index (χ4v) is 2.05. The topological polar surface area (TPSA) is 95.6 Å². The monoisotopic (exact) mass is 353 g/mol. The Bertz CT molecular complexity index is 858. The molecule has 7 heteroatoms. The quantitative estimate of drug-likeness (QED) is 0.487. The van der Waals surface area contributed by atoms with Crippen LogP contribution >= 0.6 is 0 Å². The number of benzene rings is 1. The molecule has 1 aromatic carbocycles. The average molecular weight is 353 g/mol. The van der Waals surface area contributed by atoms with Gasteiger partial charge in [-0.3, -0.25) is 4.79 Å². The number of nitriles is 1. The molecule has 0 radical (unpaired) electrons. The van der Waals surface area contributed by atoms with E-state index in [2.05, 4.69) is 5.32 Å². The smallest absolute Gasteiger partial charge is 0.338 e. The normalized spacial score (nSPS) is 10.8. The summed E-state index contributed by atoms with van der Waals surface area (Å²) in [5.41, 5.74) is 0.740. The minimum atomic E-state index is -0.570. The minimum absolute atomic E-state index is 0.0980. The Morgan fingerprint density at radius 1 is 1.23 bits per heavy atom. The molecule has 1 aromatic heterocycles. The second kappa shape index (κ2) is 8.53. The number of rotatable bonds is 6. The van der Waals surface area contributed by atoms with Crippen molar-refractivity contribution in [3.05, 3.63) is 53.3 Å². The number of amides is 1. The molecule has 1 heterocycles. The van der Waals surface area contributed by atoms with E-state index in [1.165, 1.54) is 6.08 Å². The highest BCUT2D eigenvalue weighted by Crippen LogP contribution is 2.19. The van der Waals surface area contributed by atoms with Crippen molar-refractivity contribution in [2.45, 2.75) is 6.92 Å². The van der Waals surface area contributed by atoms with E-state index in [1.807, 2.05) is 20.2 Å². The van der Waals surface area contributed by atoms with E-state index in [9.17, 15) is 14.9 Å². The SMILES string of the molecule is CCOC(=O)c1ccc(NC(=O)/C(C#N)=C/c2ccc(N(C)C)o2)cc1. The summed E-state index contributed by atoms with van der Waals surface area (Å²) in [6.07, 6.45) is 1.37. The number of nitrogens with one attached hydrogen (secondary N) is 1. The maximum atomic E-state index is 12.3.